The Labute approximate surface area is 113 Å². The highest BCUT2D eigenvalue weighted by atomic mass is 15.0. The van der Waals surface area contributed by atoms with Crippen LogP contribution in [0, 0.1) is 18.3 Å². The third kappa shape index (κ3) is 1.26. The van der Waals surface area contributed by atoms with Crippen LogP contribution in [0.1, 0.15) is 42.5 Å². The predicted octanol–water partition coefficient (Wildman–Crippen LogP) is 3.84. The molecule has 0 unspecified atom stereocenters. The van der Waals surface area contributed by atoms with Crippen LogP contribution in [0.3, 0.4) is 0 Å². The van der Waals surface area contributed by atoms with Crippen LogP contribution >= 0.6 is 0 Å². The third-order valence-corrected chi connectivity index (χ3v) is 5.15. The van der Waals surface area contributed by atoms with Crippen LogP contribution in [0.4, 0.5) is 0 Å². The number of rotatable bonds is 1. The topological polar surface area (TPSA) is 28.7 Å². The van der Waals surface area contributed by atoms with Crippen molar-refractivity contribution in [2.75, 3.05) is 0 Å². The van der Waals surface area contributed by atoms with Gasteiger partial charge in [-0.15, -0.1) is 0 Å². The molecule has 96 valence electrons. The van der Waals surface area contributed by atoms with Crippen molar-refractivity contribution in [3.05, 3.63) is 35.0 Å². The summed E-state index contributed by atoms with van der Waals surface area (Å²) in [6, 6.07) is 9.27. The highest BCUT2D eigenvalue weighted by Crippen LogP contribution is 2.48. The van der Waals surface area contributed by atoms with Gasteiger partial charge in [-0.05, 0) is 44.6 Å². The van der Waals surface area contributed by atoms with Gasteiger partial charge in [0.25, 0.3) is 0 Å². The lowest BCUT2D eigenvalue weighted by Gasteiger charge is -2.36. The molecule has 0 amide bonds. The molecule has 1 aliphatic carbocycles. The fourth-order valence-electron chi connectivity index (χ4n) is 4.07. The molecular formula is C17H18N2. The molecule has 0 saturated heterocycles. The van der Waals surface area contributed by atoms with Crippen molar-refractivity contribution in [1.82, 2.24) is 4.57 Å². The normalized spacial score (nSPS) is 20.0. The third-order valence-electron chi connectivity index (χ3n) is 5.15. The van der Waals surface area contributed by atoms with Gasteiger partial charge in [0.1, 0.15) is 0 Å². The molecule has 2 heteroatoms. The molecule has 2 nitrogen and oxygen atoms in total. The van der Waals surface area contributed by atoms with Gasteiger partial charge in [-0.3, -0.25) is 0 Å². The van der Waals surface area contributed by atoms with Gasteiger partial charge >= 0.3 is 0 Å². The quantitative estimate of drug-likeness (QED) is 0.756. The number of aromatic nitrogens is 1. The monoisotopic (exact) mass is 250 g/mol. The van der Waals surface area contributed by atoms with Gasteiger partial charge < -0.3 is 4.57 Å². The molecule has 0 bridgehead atoms. The van der Waals surface area contributed by atoms with Gasteiger partial charge in [0.2, 0.25) is 0 Å². The Bertz CT molecular complexity index is 711. The molecular weight excluding hydrogens is 232 g/mol. The van der Waals surface area contributed by atoms with E-state index in [4.69, 9.17) is 0 Å². The zero-order chi connectivity index (χ0) is 13.0. The summed E-state index contributed by atoms with van der Waals surface area (Å²) >= 11 is 0. The Kier molecular flexibility index (Phi) is 2.12. The first-order chi connectivity index (χ1) is 9.27. The minimum Gasteiger partial charge on any atom is -0.344 e. The lowest BCUT2D eigenvalue weighted by Crippen LogP contribution is -2.33. The largest absolute Gasteiger partial charge is 0.344 e. The van der Waals surface area contributed by atoms with E-state index in [0.717, 1.165) is 19.4 Å². The van der Waals surface area contributed by atoms with E-state index < -0.39 is 0 Å². The second-order valence-corrected chi connectivity index (χ2v) is 6.08. The van der Waals surface area contributed by atoms with Crippen LogP contribution in [-0.2, 0) is 18.4 Å². The summed E-state index contributed by atoms with van der Waals surface area (Å²) in [6.45, 7) is 3.32. The molecule has 0 N–H and O–H groups in total. The predicted molar refractivity (Wildman–Crippen MR) is 76.1 cm³/mol. The van der Waals surface area contributed by atoms with Crippen LogP contribution in [0.15, 0.2) is 18.2 Å². The summed E-state index contributed by atoms with van der Waals surface area (Å²) in [5, 5.41) is 11.0. The molecule has 1 aliphatic heterocycles. The van der Waals surface area contributed by atoms with Crippen LogP contribution in [0.5, 0.6) is 0 Å². The summed E-state index contributed by atoms with van der Waals surface area (Å²) < 4.78 is 2.46. The van der Waals surface area contributed by atoms with Crippen LogP contribution in [0.25, 0.3) is 10.9 Å². The van der Waals surface area contributed by atoms with Crippen LogP contribution in [0.2, 0.25) is 0 Å². The second kappa shape index (κ2) is 3.63. The van der Waals surface area contributed by atoms with Gasteiger partial charge in [-0.2, -0.15) is 5.26 Å². The highest BCUT2D eigenvalue weighted by molar-refractivity contribution is 5.90. The fourth-order valence-corrected chi connectivity index (χ4v) is 4.07. The lowest BCUT2D eigenvalue weighted by molar-refractivity contribution is 0.324. The molecule has 19 heavy (non-hydrogen) atoms. The smallest absolute Gasteiger partial charge is 0.0845 e. The zero-order valence-corrected chi connectivity index (χ0v) is 11.4. The number of hydrogen-bond acceptors (Lipinski definition) is 1. The number of benzene rings is 1. The van der Waals surface area contributed by atoms with Gasteiger partial charge in [0, 0.05) is 23.2 Å². The summed E-state index contributed by atoms with van der Waals surface area (Å²) in [5.74, 6) is 0. The molecule has 2 aliphatic rings. The van der Waals surface area contributed by atoms with E-state index in [-0.39, 0.29) is 5.41 Å². The minimum atomic E-state index is -0.198. The summed E-state index contributed by atoms with van der Waals surface area (Å²) in [7, 11) is 0. The van der Waals surface area contributed by atoms with Crippen LogP contribution in [-0.4, -0.2) is 4.57 Å². The molecule has 1 saturated carbocycles. The van der Waals surface area contributed by atoms with Crippen molar-refractivity contribution in [2.45, 2.75) is 51.0 Å². The maximum Gasteiger partial charge on any atom is 0.0845 e. The van der Waals surface area contributed by atoms with Crippen LogP contribution < -0.4 is 0 Å². The first kappa shape index (κ1) is 11.1. The SMILES string of the molecule is Cc1c(C2(C#N)CCC2)c2cccc3c2n1CCC3. The Hall–Kier alpha value is -1.75. The highest BCUT2D eigenvalue weighted by Gasteiger charge is 2.43. The first-order valence-corrected chi connectivity index (χ1v) is 7.29. The molecule has 1 aromatic heterocycles. The van der Waals surface area contributed by atoms with E-state index in [0.29, 0.717) is 0 Å². The standard InChI is InChI=1S/C17H18N2/c1-12-15(17(11-18)8-4-9-17)14-7-2-5-13-6-3-10-19(12)16(13)14/h2,5,7H,3-4,6,8-10H2,1H3. The van der Waals surface area contributed by atoms with E-state index in [1.165, 1.54) is 47.0 Å². The Morgan fingerprint density at radius 1 is 1.26 bits per heavy atom. The Morgan fingerprint density at radius 3 is 2.79 bits per heavy atom. The van der Waals surface area contributed by atoms with Crippen molar-refractivity contribution >= 4 is 10.9 Å². The number of para-hydroxylation sites is 1. The average Bonchev–Trinajstić information content (AvgIpc) is 2.67. The van der Waals surface area contributed by atoms with Crippen molar-refractivity contribution in [3.8, 4) is 6.07 Å². The van der Waals surface area contributed by atoms with Crippen molar-refractivity contribution in [2.24, 2.45) is 0 Å². The number of hydrogen-bond donors (Lipinski definition) is 0. The van der Waals surface area contributed by atoms with Gasteiger partial charge in [0.05, 0.1) is 17.0 Å². The van der Waals surface area contributed by atoms with Crippen molar-refractivity contribution in [3.63, 3.8) is 0 Å². The Morgan fingerprint density at radius 2 is 2.11 bits per heavy atom. The maximum absolute atomic E-state index is 9.68. The summed E-state index contributed by atoms with van der Waals surface area (Å²) in [5.41, 5.74) is 5.34. The van der Waals surface area contributed by atoms with Crippen molar-refractivity contribution in [1.29, 1.82) is 5.26 Å². The second-order valence-electron chi connectivity index (χ2n) is 6.08. The number of nitrogens with zero attached hydrogens (tertiary/aromatic N) is 2. The van der Waals surface area contributed by atoms with E-state index in [1.807, 2.05) is 0 Å². The van der Waals surface area contributed by atoms with Crippen molar-refractivity contribution < 1.29 is 0 Å². The molecule has 0 atom stereocenters. The minimum absolute atomic E-state index is 0.198. The molecule has 2 heterocycles. The zero-order valence-electron chi connectivity index (χ0n) is 11.4. The van der Waals surface area contributed by atoms with E-state index in [1.54, 1.807) is 0 Å². The first-order valence-electron chi connectivity index (χ1n) is 7.29. The fraction of sp³-hybridized carbons (Fsp3) is 0.471. The summed E-state index contributed by atoms with van der Waals surface area (Å²) in [6.07, 6.45) is 5.67. The van der Waals surface area contributed by atoms with E-state index in [2.05, 4.69) is 35.8 Å². The van der Waals surface area contributed by atoms with Gasteiger partial charge in [-0.25, -0.2) is 0 Å². The molecule has 0 radical (unpaired) electrons. The Balaban J connectivity index is 2.11. The van der Waals surface area contributed by atoms with E-state index >= 15 is 0 Å². The van der Waals surface area contributed by atoms with Gasteiger partial charge in [0.15, 0.2) is 0 Å². The average molecular weight is 250 g/mol. The molecule has 0 spiro atoms. The number of aryl methyl sites for hydroxylation is 2. The lowest BCUT2D eigenvalue weighted by atomic mass is 9.64. The molecule has 2 aromatic rings. The molecule has 1 fully saturated rings. The maximum atomic E-state index is 9.68. The molecule has 4 rings (SSSR count). The van der Waals surface area contributed by atoms with Gasteiger partial charge in [-0.1, -0.05) is 18.2 Å². The summed E-state index contributed by atoms with van der Waals surface area (Å²) in [4.78, 5) is 0. The number of nitriles is 1. The van der Waals surface area contributed by atoms with E-state index in [9.17, 15) is 5.26 Å². The molecule has 1 aromatic carbocycles.